The Labute approximate surface area is 168 Å². The average molecular weight is 448 g/mol. The molecule has 0 atom stereocenters. The minimum atomic E-state index is -0.486. The molecule has 138 valence electrons. The molecule has 2 amide bonds. The van der Waals surface area contributed by atoms with Gasteiger partial charge in [-0.2, -0.15) is 0 Å². The molecule has 0 radical (unpaired) electrons. The van der Waals surface area contributed by atoms with Gasteiger partial charge in [0.15, 0.2) is 6.61 Å². The molecule has 2 aromatic carbocycles. The van der Waals surface area contributed by atoms with Crippen molar-refractivity contribution in [2.24, 2.45) is 0 Å². The largest absolute Gasteiger partial charge is 0.481 e. The highest BCUT2D eigenvalue weighted by Gasteiger charge is 2.36. The van der Waals surface area contributed by atoms with E-state index in [1.54, 1.807) is 48.5 Å². The summed E-state index contributed by atoms with van der Waals surface area (Å²) in [5.74, 6) is -0.381. The monoisotopic (exact) mass is 447 g/mol. The number of benzene rings is 2. The maximum atomic E-state index is 12.6. The summed E-state index contributed by atoms with van der Waals surface area (Å²) in [6.07, 6.45) is 1.64. The number of hydrogen-bond donors (Lipinski definition) is 0. The first kappa shape index (κ1) is 19.2. The number of thioether (sulfide) groups is 1. The van der Waals surface area contributed by atoms with Crippen molar-refractivity contribution in [1.29, 1.82) is 0 Å². The molecule has 27 heavy (non-hydrogen) atoms. The van der Waals surface area contributed by atoms with Gasteiger partial charge in [0.1, 0.15) is 5.75 Å². The fourth-order valence-electron chi connectivity index (χ4n) is 2.34. The number of imide groups is 1. The van der Waals surface area contributed by atoms with Gasteiger partial charge in [-0.25, -0.2) is 9.69 Å². The summed E-state index contributed by atoms with van der Waals surface area (Å²) >= 11 is 4.26. The maximum Gasteiger partial charge on any atom is 0.343 e. The van der Waals surface area contributed by atoms with Crippen LogP contribution in [-0.4, -0.2) is 30.8 Å². The van der Waals surface area contributed by atoms with Crippen molar-refractivity contribution < 1.29 is 23.9 Å². The summed E-state index contributed by atoms with van der Waals surface area (Å²) in [5.41, 5.74) is 1.25. The van der Waals surface area contributed by atoms with Crippen molar-refractivity contribution in [2.75, 3.05) is 18.6 Å². The average Bonchev–Trinajstić information content (AvgIpc) is 2.94. The van der Waals surface area contributed by atoms with Gasteiger partial charge in [-0.15, -0.1) is 0 Å². The number of methoxy groups -OCH3 is 1. The Morgan fingerprint density at radius 1 is 1.19 bits per heavy atom. The first-order valence-corrected chi connectivity index (χ1v) is 9.42. The van der Waals surface area contributed by atoms with E-state index in [1.165, 1.54) is 7.11 Å². The zero-order chi connectivity index (χ0) is 19.4. The number of carbonyl (C=O) groups is 3. The fourth-order valence-corrected chi connectivity index (χ4v) is 3.69. The van der Waals surface area contributed by atoms with E-state index in [4.69, 9.17) is 4.74 Å². The van der Waals surface area contributed by atoms with E-state index < -0.39 is 5.97 Å². The molecule has 2 aromatic rings. The summed E-state index contributed by atoms with van der Waals surface area (Å²) in [5, 5.41) is -0.338. The maximum absolute atomic E-state index is 12.6. The number of anilines is 1. The van der Waals surface area contributed by atoms with Gasteiger partial charge in [-0.05, 0) is 63.6 Å². The smallest absolute Gasteiger partial charge is 0.343 e. The highest BCUT2D eigenvalue weighted by Crippen LogP contribution is 2.36. The predicted molar refractivity (Wildman–Crippen MR) is 107 cm³/mol. The van der Waals surface area contributed by atoms with E-state index >= 15 is 0 Å². The highest BCUT2D eigenvalue weighted by atomic mass is 79.9. The van der Waals surface area contributed by atoms with Gasteiger partial charge in [0.05, 0.1) is 22.2 Å². The molecule has 0 aromatic heterocycles. The van der Waals surface area contributed by atoms with Crippen LogP contribution in [0, 0.1) is 0 Å². The zero-order valence-electron chi connectivity index (χ0n) is 14.2. The minimum Gasteiger partial charge on any atom is -0.481 e. The normalized spacial score (nSPS) is 15.3. The lowest BCUT2D eigenvalue weighted by Gasteiger charge is -2.11. The molecule has 1 aliphatic heterocycles. The quantitative estimate of drug-likeness (QED) is 0.503. The Kier molecular flexibility index (Phi) is 5.98. The molecule has 0 spiro atoms. The van der Waals surface area contributed by atoms with Crippen LogP contribution in [0.5, 0.6) is 5.75 Å². The number of esters is 1. The van der Waals surface area contributed by atoms with Crippen LogP contribution in [0.1, 0.15) is 5.56 Å². The van der Waals surface area contributed by atoms with Crippen molar-refractivity contribution in [2.45, 2.75) is 0 Å². The molecule has 0 saturated carbocycles. The van der Waals surface area contributed by atoms with Crippen LogP contribution in [0.25, 0.3) is 6.08 Å². The second-order valence-corrected chi connectivity index (χ2v) is 7.25. The summed E-state index contributed by atoms with van der Waals surface area (Å²) in [4.78, 5) is 37.5. The van der Waals surface area contributed by atoms with Crippen LogP contribution in [0.2, 0.25) is 0 Å². The van der Waals surface area contributed by atoms with Crippen LogP contribution in [0.3, 0.4) is 0 Å². The van der Waals surface area contributed by atoms with Gasteiger partial charge < -0.3 is 9.47 Å². The molecule has 1 fully saturated rings. The van der Waals surface area contributed by atoms with Gasteiger partial charge in [-0.1, -0.05) is 24.3 Å². The number of ether oxygens (including phenoxy) is 2. The van der Waals surface area contributed by atoms with Crippen LogP contribution < -0.4 is 9.64 Å². The van der Waals surface area contributed by atoms with Gasteiger partial charge in [0, 0.05) is 0 Å². The third-order valence-electron chi connectivity index (χ3n) is 3.64. The zero-order valence-corrected chi connectivity index (χ0v) is 16.6. The Bertz CT molecular complexity index is 929. The summed E-state index contributed by atoms with van der Waals surface area (Å²) in [6.45, 7) is -0.204. The Hall–Kier alpha value is -2.58. The first-order chi connectivity index (χ1) is 13.0. The van der Waals surface area contributed by atoms with Crippen LogP contribution >= 0.6 is 27.7 Å². The number of amides is 2. The molecular formula is C19H14BrNO5S. The highest BCUT2D eigenvalue weighted by molar-refractivity contribution is 9.10. The molecular weight excluding hydrogens is 434 g/mol. The van der Waals surface area contributed by atoms with Crippen LogP contribution in [-0.2, 0) is 14.3 Å². The fraction of sp³-hybridized carbons (Fsp3) is 0.105. The number of rotatable bonds is 5. The molecule has 1 saturated heterocycles. The summed E-state index contributed by atoms with van der Waals surface area (Å²) < 4.78 is 10.5. The van der Waals surface area contributed by atoms with E-state index in [9.17, 15) is 14.4 Å². The van der Waals surface area contributed by atoms with Crippen LogP contribution in [0.4, 0.5) is 10.5 Å². The number of hydrogen-bond acceptors (Lipinski definition) is 6. The molecule has 8 heteroatoms. The van der Waals surface area contributed by atoms with Gasteiger partial charge in [-0.3, -0.25) is 9.59 Å². The minimum absolute atomic E-state index is 0.204. The van der Waals surface area contributed by atoms with Crippen molar-refractivity contribution in [3.05, 3.63) is 63.5 Å². The van der Waals surface area contributed by atoms with E-state index in [1.807, 2.05) is 6.07 Å². The van der Waals surface area contributed by atoms with E-state index in [0.717, 1.165) is 16.7 Å². The van der Waals surface area contributed by atoms with Crippen LogP contribution in [0.15, 0.2) is 57.9 Å². The molecule has 3 rings (SSSR count). The van der Waals surface area contributed by atoms with Crippen molar-refractivity contribution >= 4 is 56.6 Å². The van der Waals surface area contributed by atoms with Gasteiger partial charge in [0.2, 0.25) is 0 Å². The number of halogens is 1. The van der Waals surface area contributed by atoms with Crippen molar-refractivity contribution in [3.8, 4) is 5.75 Å². The standard InChI is InChI=1S/C19H14BrNO5S/c1-25-17(22)11-26-15-8-7-12(9-14(15)20)10-16-18(23)21(19(24)27-16)13-5-3-2-4-6-13/h2-10H,11H2,1H3/b16-10-. The first-order valence-electron chi connectivity index (χ1n) is 7.82. The second-order valence-electron chi connectivity index (χ2n) is 5.41. The Morgan fingerprint density at radius 3 is 2.59 bits per heavy atom. The van der Waals surface area contributed by atoms with E-state index in [0.29, 0.717) is 26.4 Å². The molecule has 0 aliphatic carbocycles. The van der Waals surface area contributed by atoms with Crippen molar-refractivity contribution in [3.63, 3.8) is 0 Å². The van der Waals surface area contributed by atoms with E-state index in [-0.39, 0.29) is 17.8 Å². The van der Waals surface area contributed by atoms with Gasteiger partial charge >= 0.3 is 5.97 Å². The SMILES string of the molecule is COC(=O)COc1ccc(/C=C2\SC(=O)N(c3ccccc3)C2=O)cc1Br. The second kappa shape index (κ2) is 8.41. The third kappa shape index (κ3) is 4.40. The third-order valence-corrected chi connectivity index (χ3v) is 5.12. The van der Waals surface area contributed by atoms with E-state index in [2.05, 4.69) is 20.7 Å². The summed E-state index contributed by atoms with van der Waals surface area (Å²) in [7, 11) is 1.28. The topological polar surface area (TPSA) is 72.9 Å². The summed E-state index contributed by atoms with van der Waals surface area (Å²) in [6, 6.07) is 13.9. The lowest BCUT2D eigenvalue weighted by Crippen LogP contribution is -2.27. The number of carbonyl (C=O) groups excluding carboxylic acids is 3. The molecule has 1 aliphatic rings. The molecule has 1 heterocycles. The molecule has 0 N–H and O–H groups in total. The van der Waals surface area contributed by atoms with Gasteiger partial charge in [0.25, 0.3) is 11.1 Å². The number of para-hydroxylation sites is 1. The predicted octanol–water partition coefficient (Wildman–Crippen LogP) is 4.24. The molecule has 0 bridgehead atoms. The Balaban J connectivity index is 1.79. The number of nitrogens with zero attached hydrogens (tertiary/aromatic N) is 1. The lowest BCUT2D eigenvalue weighted by atomic mass is 10.2. The molecule has 6 nitrogen and oxygen atoms in total. The Morgan fingerprint density at radius 2 is 1.93 bits per heavy atom. The molecule has 0 unspecified atom stereocenters. The van der Waals surface area contributed by atoms with Crippen molar-refractivity contribution in [1.82, 2.24) is 0 Å². The lowest BCUT2D eigenvalue weighted by molar-refractivity contribution is -0.142.